The predicted octanol–water partition coefficient (Wildman–Crippen LogP) is 3.56. The minimum absolute atomic E-state index is 0.182. The van der Waals surface area contributed by atoms with Gasteiger partial charge in [0.05, 0.1) is 6.33 Å². The van der Waals surface area contributed by atoms with E-state index in [9.17, 15) is 4.79 Å². The minimum Gasteiger partial charge on any atom is -0.338 e. The van der Waals surface area contributed by atoms with Crippen molar-refractivity contribution in [2.24, 2.45) is 0 Å². The van der Waals surface area contributed by atoms with Crippen molar-refractivity contribution in [2.75, 3.05) is 6.54 Å². The number of benzene rings is 1. The van der Waals surface area contributed by atoms with Crippen molar-refractivity contribution in [3.05, 3.63) is 52.0 Å². The summed E-state index contributed by atoms with van der Waals surface area (Å²) in [5.41, 5.74) is 2.18. The molecule has 6 heteroatoms. The van der Waals surface area contributed by atoms with Gasteiger partial charge in [-0.05, 0) is 36.1 Å². The van der Waals surface area contributed by atoms with Crippen molar-refractivity contribution < 1.29 is 4.79 Å². The topological polar surface area (TPSA) is 38.1 Å². The molecule has 0 aliphatic carbocycles. The van der Waals surface area contributed by atoms with Crippen LogP contribution in [0.15, 0.2) is 30.9 Å². The summed E-state index contributed by atoms with van der Waals surface area (Å²) in [7, 11) is 0. The van der Waals surface area contributed by atoms with E-state index in [1.165, 1.54) is 0 Å². The average Bonchev–Trinajstić information content (AvgIpc) is 2.99. The lowest BCUT2D eigenvalue weighted by atomic mass is 9.99. The fourth-order valence-electron chi connectivity index (χ4n) is 2.81. The molecule has 116 valence electrons. The molecule has 0 unspecified atom stereocenters. The maximum Gasteiger partial charge on any atom is 0.222 e. The third-order valence-corrected chi connectivity index (χ3v) is 4.52. The lowest BCUT2D eigenvalue weighted by Crippen LogP contribution is -2.36. The number of carbonyl (C=O) groups excluding carboxylic acids is 1. The summed E-state index contributed by atoms with van der Waals surface area (Å²) < 4.78 is 1.98. The smallest absolute Gasteiger partial charge is 0.222 e. The molecule has 0 radical (unpaired) electrons. The van der Waals surface area contributed by atoms with Gasteiger partial charge in [0.1, 0.15) is 0 Å². The number of hydrogen-bond acceptors (Lipinski definition) is 2. The molecule has 1 amide bonds. The molecule has 1 aromatic heterocycles. The van der Waals surface area contributed by atoms with Gasteiger partial charge in [-0.1, -0.05) is 23.2 Å². The van der Waals surface area contributed by atoms with Gasteiger partial charge in [-0.25, -0.2) is 4.98 Å². The maximum atomic E-state index is 12.3. The molecule has 0 N–H and O–H groups in total. The van der Waals surface area contributed by atoms with Crippen LogP contribution in [-0.2, 0) is 24.3 Å². The van der Waals surface area contributed by atoms with Gasteiger partial charge in [0.2, 0.25) is 5.91 Å². The second-order valence-corrected chi connectivity index (χ2v) is 6.34. The first-order valence-electron chi connectivity index (χ1n) is 7.34. The molecule has 2 heterocycles. The Kier molecular flexibility index (Phi) is 4.69. The van der Waals surface area contributed by atoms with E-state index in [0.29, 0.717) is 23.0 Å². The zero-order valence-electron chi connectivity index (χ0n) is 12.1. The maximum absolute atomic E-state index is 12.3. The Bertz CT molecular complexity index is 670. The zero-order chi connectivity index (χ0) is 15.5. The first-order chi connectivity index (χ1) is 10.6. The number of nitrogens with zero attached hydrogens (tertiary/aromatic N) is 3. The molecule has 0 saturated heterocycles. The van der Waals surface area contributed by atoms with Gasteiger partial charge in [-0.2, -0.15) is 0 Å². The van der Waals surface area contributed by atoms with Crippen LogP contribution in [0, 0.1) is 0 Å². The summed E-state index contributed by atoms with van der Waals surface area (Å²) in [5, 5.41) is 1.33. The van der Waals surface area contributed by atoms with Crippen molar-refractivity contribution in [1.29, 1.82) is 0 Å². The van der Waals surface area contributed by atoms with Crippen molar-refractivity contribution >= 4 is 29.1 Å². The number of fused-ring (bicyclic) bond motifs is 1. The van der Waals surface area contributed by atoms with E-state index < -0.39 is 0 Å². The molecule has 0 bridgehead atoms. The highest BCUT2D eigenvalue weighted by molar-refractivity contribution is 6.35. The van der Waals surface area contributed by atoms with Crippen LogP contribution in [0.25, 0.3) is 0 Å². The van der Waals surface area contributed by atoms with Crippen molar-refractivity contribution in [2.45, 2.75) is 32.4 Å². The highest BCUT2D eigenvalue weighted by Gasteiger charge is 2.22. The third-order valence-electron chi connectivity index (χ3n) is 3.96. The van der Waals surface area contributed by atoms with Crippen LogP contribution in [0.1, 0.15) is 24.0 Å². The summed E-state index contributed by atoms with van der Waals surface area (Å²) in [4.78, 5) is 18.2. The van der Waals surface area contributed by atoms with Crippen LogP contribution < -0.4 is 0 Å². The predicted molar refractivity (Wildman–Crippen MR) is 87.0 cm³/mol. The fourth-order valence-corrected chi connectivity index (χ4v) is 3.44. The molecule has 22 heavy (non-hydrogen) atoms. The summed E-state index contributed by atoms with van der Waals surface area (Å²) in [6.07, 6.45) is 7.57. The highest BCUT2D eigenvalue weighted by atomic mass is 35.5. The number of imidazole rings is 1. The lowest BCUT2D eigenvalue weighted by molar-refractivity contribution is -0.132. The third kappa shape index (κ3) is 3.45. The van der Waals surface area contributed by atoms with E-state index in [4.69, 9.17) is 23.2 Å². The molecule has 2 aromatic rings. The number of carbonyl (C=O) groups is 1. The highest BCUT2D eigenvalue weighted by Crippen LogP contribution is 2.30. The summed E-state index contributed by atoms with van der Waals surface area (Å²) in [5.74, 6) is 0.182. The van der Waals surface area contributed by atoms with Gasteiger partial charge in [0.15, 0.2) is 0 Å². The van der Waals surface area contributed by atoms with Crippen molar-refractivity contribution in [1.82, 2.24) is 14.5 Å². The number of aromatic nitrogens is 2. The Morgan fingerprint density at radius 1 is 1.32 bits per heavy atom. The molecule has 0 spiro atoms. The summed E-state index contributed by atoms with van der Waals surface area (Å²) >= 11 is 12.3. The fraction of sp³-hybridized carbons (Fsp3) is 0.375. The number of hydrogen-bond donors (Lipinski definition) is 0. The lowest BCUT2D eigenvalue weighted by Gasteiger charge is -2.29. The monoisotopic (exact) mass is 337 g/mol. The van der Waals surface area contributed by atoms with Gasteiger partial charge in [-0.3, -0.25) is 4.79 Å². The van der Waals surface area contributed by atoms with Crippen LogP contribution in [0.5, 0.6) is 0 Å². The SMILES string of the molecule is O=C(CCCn1ccnc1)N1CCc2c(Cl)cc(Cl)cc2C1. The molecule has 0 fully saturated rings. The number of halogens is 2. The van der Waals surface area contributed by atoms with Gasteiger partial charge in [-0.15, -0.1) is 0 Å². The van der Waals surface area contributed by atoms with E-state index in [-0.39, 0.29) is 5.91 Å². The van der Waals surface area contributed by atoms with Crippen molar-refractivity contribution in [3.8, 4) is 0 Å². The molecule has 1 aromatic carbocycles. The average molecular weight is 338 g/mol. The van der Waals surface area contributed by atoms with E-state index in [1.807, 2.05) is 21.7 Å². The number of rotatable bonds is 4. The molecule has 0 saturated carbocycles. The molecule has 4 nitrogen and oxygen atoms in total. The largest absolute Gasteiger partial charge is 0.338 e. The Labute approximate surface area is 139 Å². The standard InChI is InChI=1S/C16H17Cl2N3O/c17-13-8-12-10-21(6-3-14(12)15(18)9-13)16(22)2-1-5-20-7-4-19-11-20/h4,7-9,11H,1-3,5-6,10H2. The van der Waals surface area contributed by atoms with Gasteiger partial charge >= 0.3 is 0 Å². The Hall–Kier alpha value is -1.52. The molecular weight excluding hydrogens is 321 g/mol. The van der Waals surface area contributed by atoms with Crippen molar-refractivity contribution in [3.63, 3.8) is 0 Å². The van der Waals surface area contributed by atoms with Gasteiger partial charge in [0.25, 0.3) is 0 Å². The normalized spacial score (nSPS) is 14.0. The molecule has 3 rings (SSSR count). The van der Waals surface area contributed by atoms with E-state index in [1.54, 1.807) is 18.6 Å². The minimum atomic E-state index is 0.182. The number of amides is 1. The molecular formula is C16H17Cl2N3O. The van der Waals surface area contributed by atoms with E-state index in [2.05, 4.69) is 4.98 Å². The molecule has 1 aliphatic rings. The van der Waals surface area contributed by atoms with E-state index in [0.717, 1.165) is 37.1 Å². The van der Waals surface area contributed by atoms with E-state index >= 15 is 0 Å². The second-order valence-electron chi connectivity index (χ2n) is 5.49. The van der Waals surface area contributed by atoms with Crippen LogP contribution >= 0.6 is 23.2 Å². The van der Waals surface area contributed by atoms with Gasteiger partial charge in [0, 0.05) is 48.5 Å². The van der Waals surface area contributed by atoms with Crippen LogP contribution in [0.3, 0.4) is 0 Å². The van der Waals surface area contributed by atoms with Gasteiger partial charge < -0.3 is 9.47 Å². The first kappa shape index (κ1) is 15.4. The summed E-state index contributed by atoms with van der Waals surface area (Å²) in [6, 6.07) is 3.68. The quantitative estimate of drug-likeness (QED) is 0.855. The Morgan fingerprint density at radius 2 is 2.18 bits per heavy atom. The van der Waals surface area contributed by atoms with Crippen LogP contribution in [-0.4, -0.2) is 26.9 Å². The molecule has 0 atom stereocenters. The Balaban J connectivity index is 1.58. The molecule has 1 aliphatic heterocycles. The van der Waals surface area contributed by atoms with Crippen LogP contribution in [0.4, 0.5) is 0 Å². The Morgan fingerprint density at radius 3 is 2.95 bits per heavy atom. The second kappa shape index (κ2) is 6.71. The zero-order valence-corrected chi connectivity index (χ0v) is 13.6. The summed E-state index contributed by atoms with van der Waals surface area (Å²) in [6.45, 7) is 2.13. The van der Waals surface area contributed by atoms with Crippen LogP contribution in [0.2, 0.25) is 10.0 Å². The number of aryl methyl sites for hydroxylation is 1. The first-order valence-corrected chi connectivity index (χ1v) is 8.09.